The zero-order valence-electron chi connectivity index (χ0n) is 10.3. The van der Waals surface area contributed by atoms with E-state index < -0.39 is 0 Å². The standard InChI is InChI=1S/C13H26N2/c1-11(2)13-4-7-15(8-5-13)6-3-12-9-14-10-12/h11-14H,3-10H2,1-2H3. The molecule has 88 valence electrons. The lowest BCUT2D eigenvalue weighted by Gasteiger charge is -2.35. The van der Waals surface area contributed by atoms with Gasteiger partial charge in [0.15, 0.2) is 0 Å². The van der Waals surface area contributed by atoms with Gasteiger partial charge < -0.3 is 10.2 Å². The van der Waals surface area contributed by atoms with Crippen molar-refractivity contribution in [3.8, 4) is 0 Å². The van der Waals surface area contributed by atoms with Crippen LogP contribution in [0.25, 0.3) is 0 Å². The van der Waals surface area contributed by atoms with E-state index in [-0.39, 0.29) is 0 Å². The molecule has 2 heterocycles. The molecule has 0 saturated carbocycles. The molecule has 0 amide bonds. The number of hydrogen-bond acceptors (Lipinski definition) is 2. The Morgan fingerprint density at radius 2 is 1.87 bits per heavy atom. The lowest BCUT2D eigenvalue weighted by molar-refractivity contribution is 0.144. The largest absolute Gasteiger partial charge is 0.316 e. The molecular formula is C13H26N2. The fourth-order valence-electron chi connectivity index (χ4n) is 2.76. The Kier molecular flexibility index (Phi) is 4.04. The van der Waals surface area contributed by atoms with Gasteiger partial charge in [-0.1, -0.05) is 13.8 Å². The average Bonchev–Trinajstić information content (AvgIpc) is 2.16. The van der Waals surface area contributed by atoms with Crippen LogP contribution >= 0.6 is 0 Å². The summed E-state index contributed by atoms with van der Waals surface area (Å²) in [6.45, 7) is 11.3. The quantitative estimate of drug-likeness (QED) is 0.763. The second kappa shape index (κ2) is 5.31. The van der Waals surface area contributed by atoms with Crippen molar-refractivity contribution in [2.45, 2.75) is 33.1 Å². The maximum absolute atomic E-state index is 3.35. The maximum atomic E-state index is 3.35. The minimum absolute atomic E-state index is 0.892. The Labute approximate surface area is 94.4 Å². The van der Waals surface area contributed by atoms with Crippen molar-refractivity contribution in [1.29, 1.82) is 0 Å². The van der Waals surface area contributed by atoms with Gasteiger partial charge in [-0.15, -0.1) is 0 Å². The minimum atomic E-state index is 0.892. The predicted octanol–water partition coefficient (Wildman–Crippen LogP) is 1.96. The molecule has 0 aromatic carbocycles. The van der Waals surface area contributed by atoms with E-state index in [9.17, 15) is 0 Å². The van der Waals surface area contributed by atoms with Crippen molar-refractivity contribution >= 4 is 0 Å². The van der Waals surface area contributed by atoms with Crippen LogP contribution in [-0.2, 0) is 0 Å². The maximum Gasteiger partial charge on any atom is -0.000778 e. The molecule has 0 unspecified atom stereocenters. The van der Waals surface area contributed by atoms with Gasteiger partial charge in [-0.25, -0.2) is 0 Å². The van der Waals surface area contributed by atoms with Crippen LogP contribution < -0.4 is 5.32 Å². The van der Waals surface area contributed by atoms with E-state index in [2.05, 4.69) is 24.1 Å². The highest BCUT2D eigenvalue weighted by Gasteiger charge is 2.23. The van der Waals surface area contributed by atoms with Crippen LogP contribution in [0.5, 0.6) is 0 Å². The summed E-state index contributed by atoms with van der Waals surface area (Å²) < 4.78 is 0. The van der Waals surface area contributed by atoms with E-state index in [0.29, 0.717) is 0 Å². The first-order chi connectivity index (χ1) is 7.25. The molecule has 0 aromatic heterocycles. The van der Waals surface area contributed by atoms with Gasteiger partial charge in [-0.05, 0) is 69.7 Å². The first kappa shape index (κ1) is 11.4. The van der Waals surface area contributed by atoms with E-state index in [1.165, 1.54) is 52.0 Å². The fraction of sp³-hybridized carbons (Fsp3) is 1.00. The molecule has 0 spiro atoms. The molecule has 0 aliphatic carbocycles. The number of nitrogens with one attached hydrogen (secondary N) is 1. The van der Waals surface area contributed by atoms with Gasteiger partial charge in [0.25, 0.3) is 0 Å². The highest BCUT2D eigenvalue weighted by atomic mass is 15.1. The Morgan fingerprint density at radius 1 is 1.20 bits per heavy atom. The molecule has 1 N–H and O–H groups in total. The van der Waals surface area contributed by atoms with Crippen molar-refractivity contribution in [3.63, 3.8) is 0 Å². The summed E-state index contributed by atoms with van der Waals surface area (Å²) in [4.78, 5) is 2.68. The summed E-state index contributed by atoms with van der Waals surface area (Å²) in [6.07, 6.45) is 4.28. The average molecular weight is 210 g/mol. The number of hydrogen-bond donors (Lipinski definition) is 1. The van der Waals surface area contributed by atoms with Crippen LogP contribution in [0.1, 0.15) is 33.1 Å². The Balaban J connectivity index is 1.60. The SMILES string of the molecule is CC(C)C1CCN(CCC2CNC2)CC1. The van der Waals surface area contributed by atoms with Crippen LogP contribution in [0.15, 0.2) is 0 Å². The van der Waals surface area contributed by atoms with Gasteiger partial charge >= 0.3 is 0 Å². The van der Waals surface area contributed by atoms with E-state index in [4.69, 9.17) is 0 Å². The molecule has 2 fully saturated rings. The van der Waals surface area contributed by atoms with E-state index in [1.54, 1.807) is 0 Å². The van der Waals surface area contributed by atoms with Crippen molar-refractivity contribution in [1.82, 2.24) is 10.2 Å². The second-order valence-corrected chi connectivity index (χ2v) is 5.74. The van der Waals surface area contributed by atoms with Gasteiger partial charge in [0.05, 0.1) is 0 Å². The van der Waals surface area contributed by atoms with E-state index in [1.807, 2.05) is 0 Å². The molecule has 2 nitrogen and oxygen atoms in total. The number of likely N-dealkylation sites (tertiary alicyclic amines) is 1. The van der Waals surface area contributed by atoms with Crippen LogP contribution in [-0.4, -0.2) is 37.6 Å². The molecule has 0 radical (unpaired) electrons. The molecule has 2 aliphatic heterocycles. The Hall–Kier alpha value is -0.0800. The number of piperidine rings is 1. The van der Waals surface area contributed by atoms with Gasteiger partial charge in [-0.3, -0.25) is 0 Å². The molecule has 2 aliphatic rings. The molecule has 2 rings (SSSR count). The second-order valence-electron chi connectivity index (χ2n) is 5.74. The Bertz CT molecular complexity index is 179. The molecule has 2 heteroatoms. The smallest absolute Gasteiger partial charge is 0.000778 e. The van der Waals surface area contributed by atoms with Crippen LogP contribution in [0.2, 0.25) is 0 Å². The number of nitrogens with zero attached hydrogens (tertiary/aromatic N) is 1. The summed E-state index contributed by atoms with van der Waals surface area (Å²) >= 11 is 0. The third-order valence-electron chi connectivity index (χ3n) is 4.29. The van der Waals surface area contributed by atoms with Gasteiger partial charge in [0.1, 0.15) is 0 Å². The zero-order chi connectivity index (χ0) is 10.7. The molecule has 15 heavy (non-hydrogen) atoms. The van der Waals surface area contributed by atoms with E-state index >= 15 is 0 Å². The van der Waals surface area contributed by atoms with Crippen molar-refractivity contribution in [2.24, 2.45) is 17.8 Å². The van der Waals surface area contributed by atoms with Crippen LogP contribution in [0, 0.1) is 17.8 Å². The predicted molar refractivity (Wildman–Crippen MR) is 65.0 cm³/mol. The summed E-state index contributed by atoms with van der Waals surface area (Å²) in [5.74, 6) is 2.86. The zero-order valence-corrected chi connectivity index (χ0v) is 10.3. The normalized spacial score (nSPS) is 25.8. The van der Waals surface area contributed by atoms with Gasteiger partial charge in [0.2, 0.25) is 0 Å². The van der Waals surface area contributed by atoms with Crippen LogP contribution in [0.3, 0.4) is 0 Å². The molecule has 0 bridgehead atoms. The topological polar surface area (TPSA) is 15.3 Å². The Morgan fingerprint density at radius 3 is 2.33 bits per heavy atom. The van der Waals surface area contributed by atoms with Crippen LogP contribution in [0.4, 0.5) is 0 Å². The third kappa shape index (κ3) is 3.18. The molecule has 0 aromatic rings. The fourth-order valence-corrected chi connectivity index (χ4v) is 2.76. The van der Waals surface area contributed by atoms with Crippen molar-refractivity contribution < 1.29 is 0 Å². The van der Waals surface area contributed by atoms with Crippen molar-refractivity contribution in [3.05, 3.63) is 0 Å². The lowest BCUT2D eigenvalue weighted by atomic mass is 9.86. The third-order valence-corrected chi connectivity index (χ3v) is 4.29. The van der Waals surface area contributed by atoms with E-state index in [0.717, 1.165) is 17.8 Å². The highest BCUT2D eigenvalue weighted by Crippen LogP contribution is 2.24. The molecule has 0 atom stereocenters. The summed E-state index contributed by atoms with van der Waals surface area (Å²) in [7, 11) is 0. The minimum Gasteiger partial charge on any atom is -0.316 e. The van der Waals surface area contributed by atoms with Gasteiger partial charge in [0, 0.05) is 0 Å². The highest BCUT2D eigenvalue weighted by molar-refractivity contribution is 4.78. The molecule has 2 saturated heterocycles. The summed E-state index contributed by atoms with van der Waals surface area (Å²) in [6, 6.07) is 0. The number of rotatable bonds is 4. The van der Waals surface area contributed by atoms with Gasteiger partial charge in [-0.2, -0.15) is 0 Å². The van der Waals surface area contributed by atoms with Crippen molar-refractivity contribution in [2.75, 3.05) is 32.7 Å². The molecular weight excluding hydrogens is 184 g/mol. The first-order valence-corrected chi connectivity index (χ1v) is 6.69. The lowest BCUT2D eigenvalue weighted by Crippen LogP contribution is -2.44. The monoisotopic (exact) mass is 210 g/mol. The summed E-state index contributed by atoms with van der Waals surface area (Å²) in [5, 5.41) is 3.35. The first-order valence-electron chi connectivity index (χ1n) is 6.69. The summed E-state index contributed by atoms with van der Waals surface area (Å²) in [5.41, 5.74) is 0.